The summed E-state index contributed by atoms with van der Waals surface area (Å²) < 4.78 is 39.0. The van der Waals surface area contributed by atoms with Gasteiger partial charge in [0.1, 0.15) is 6.61 Å². The summed E-state index contributed by atoms with van der Waals surface area (Å²) in [5.74, 6) is -1.67. The van der Waals surface area contributed by atoms with Crippen LogP contribution in [0.1, 0.15) is 6.92 Å². The first kappa shape index (κ1) is 11.7. The van der Waals surface area contributed by atoms with Crippen LogP contribution in [0.3, 0.4) is 0 Å². The van der Waals surface area contributed by atoms with Crippen LogP contribution in [-0.2, 0) is 4.74 Å². The fourth-order valence-electron chi connectivity index (χ4n) is 0.459. The van der Waals surface area contributed by atoms with Gasteiger partial charge in [-0.25, -0.2) is 0 Å². The maximum absolute atomic E-state index is 11.6. The van der Waals surface area contributed by atoms with Gasteiger partial charge in [0, 0.05) is 0 Å². The third-order valence-electron chi connectivity index (χ3n) is 1.02. The largest absolute Gasteiger partial charge is 0.470 e. The predicted molar refractivity (Wildman–Crippen MR) is 43.7 cm³/mol. The van der Waals surface area contributed by atoms with Crippen LogP contribution in [-0.4, -0.2) is 18.7 Å². The number of hydrogen-bond donors (Lipinski definition) is 1. The van der Waals surface area contributed by atoms with E-state index in [9.17, 15) is 13.2 Å². The molecule has 2 nitrogen and oxygen atoms in total. The maximum Gasteiger partial charge on any atom is 0.467 e. The molecule has 0 bridgehead atoms. The van der Waals surface area contributed by atoms with Gasteiger partial charge in [0.25, 0.3) is 5.90 Å². The number of rotatable bonds is 3. The molecular weight excluding hydrogens is 183 g/mol. The minimum absolute atomic E-state index is 0.247. The first-order valence-corrected chi connectivity index (χ1v) is 3.55. The Hall–Kier alpha value is -1.26. The van der Waals surface area contributed by atoms with Crippen LogP contribution in [0.25, 0.3) is 0 Å². The number of alkyl halides is 3. The van der Waals surface area contributed by atoms with E-state index in [-0.39, 0.29) is 6.61 Å². The summed E-state index contributed by atoms with van der Waals surface area (Å²) in [6, 6.07) is 0. The fraction of sp³-hybridized carbons (Fsp3) is 0.375. The quantitative estimate of drug-likeness (QED) is 0.417. The van der Waals surface area contributed by atoms with E-state index in [2.05, 4.69) is 4.74 Å². The summed E-state index contributed by atoms with van der Waals surface area (Å²) in [7, 11) is 0. The highest BCUT2D eigenvalue weighted by Crippen LogP contribution is 2.16. The molecule has 0 atom stereocenters. The van der Waals surface area contributed by atoms with Crippen molar-refractivity contribution < 1.29 is 17.9 Å². The normalized spacial score (nSPS) is 12.6. The zero-order valence-corrected chi connectivity index (χ0v) is 7.06. The molecule has 5 heteroatoms. The minimum Gasteiger partial charge on any atom is -0.470 e. The lowest BCUT2D eigenvalue weighted by Gasteiger charge is -2.07. The lowest BCUT2D eigenvalue weighted by Crippen LogP contribution is -2.24. The van der Waals surface area contributed by atoms with Gasteiger partial charge in [-0.05, 0) is 13.0 Å². The second-order valence-electron chi connectivity index (χ2n) is 2.09. The lowest BCUT2D eigenvalue weighted by molar-refractivity contribution is -0.0781. The van der Waals surface area contributed by atoms with Gasteiger partial charge >= 0.3 is 6.18 Å². The molecule has 0 heterocycles. The Morgan fingerprint density at radius 2 is 2.00 bits per heavy atom. The van der Waals surface area contributed by atoms with Crippen molar-refractivity contribution in [2.45, 2.75) is 13.1 Å². The Bertz CT molecular complexity index is 218. The summed E-state index contributed by atoms with van der Waals surface area (Å²) in [5, 5.41) is 6.42. The van der Waals surface area contributed by atoms with E-state index in [0.29, 0.717) is 0 Å². The summed E-state index contributed by atoms with van der Waals surface area (Å²) in [6.07, 6.45) is 1.63. The van der Waals surface area contributed by atoms with Crippen molar-refractivity contribution in [3.05, 3.63) is 24.3 Å². The van der Waals surface area contributed by atoms with Crippen molar-refractivity contribution >= 4 is 5.90 Å². The van der Waals surface area contributed by atoms with E-state index in [1.54, 1.807) is 25.2 Å². The Morgan fingerprint density at radius 1 is 1.38 bits per heavy atom. The van der Waals surface area contributed by atoms with Crippen LogP contribution in [0.5, 0.6) is 0 Å². The molecule has 0 saturated carbocycles. The zero-order chi connectivity index (χ0) is 10.3. The Kier molecular flexibility index (Phi) is 4.87. The van der Waals surface area contributed by atoms with Crippen LogP contribution < -0.4 is 0 Å². The van der Waals surface area contributed by atoms with Crippen LogP contribution >= 0.6 is 0 Å². The van der Waals surface area contributed by atoms with E-state index in [1.165, 1.54) is 6.08 Å². The molecule has 0 aliphatic rings. The van der Waals surface area contributed by atoms with Gasteiger partial charge in [-0.3, -0.25) is 5.41 Å². The Labute approximate surface area is 74.2 Å². The monoisotopic (exact) mass is 193 g/mol. The van der Waals surface area contributed by atoms with Crippen LogP contribution in [0.2, 0.25) is 0 Å². The highest BCUT2D eigenvalue weighted by molar-refractivity contribution is 5.78. The van der Waals surface area contributed by atoms with E-state index in [4.69, 9.17) is 5.41 Å². The van der Waals surface area contributed by atoms with E-state index < -0.39 is 12.1 Å². The molecule has 0 amide bonds. The van der Waals surface area contributed by atoms with Crippen LogP contribution in [0, 0.1) is 5.41 Å². The molecular formula is C8H10F3NO. The molecule has 0 aromatic rings. The molecule has 1 N–H and O–H groups in total. The average molecular weight is 193 g/mol. The first-order chi connectivity index (χ1) is 5.98. The number of ether oxygens (including phenoxy) is 1. The predicted octanol–water partition coefficient (Wildman–Crippen LogP) is 2.67. The molecule has 0 radical (unpaired) electrons. The van der Waals surface area contributed by atoms with E-state index in [1.807, 2.05) is 0 Å². The molecule has 0 saturated heterocycles. The summed E-state index contributed by atoms with van der Waals surface area (Å²) in [6.45, 7) is 1.53. The molecule has 0 aromatic heterocycles. The molecule has 0 aliphatic carbocycles. The van der Waals surface area contributed by atoms with Crippen molar-refractivity contribution in [1.29, 1.82) is 5.41 Å². The van der Waals surface area contributed by atoms with Crippen molar-refractivity contribution in [3.63, 3.8) is 0 Å². The minimum atomic E-state index is -4.69. The summed E-state index contributed by atoms with van der Waals surface area (Å²) in [5.41, 5.74) is 0. The standard InChI is InChI=1S/C8H10F3NO/c1-2-3-4-5-6-13-7(12)8(9,10)11/h2-5,12H,6H2,1H3/b3-2+,5-4+,12-7?. The molecule has 13 heavy (non-hydrogen) atoms. The third kappa shape index (κ3) is 5.95. The number of halogens is 3. The van der Waals surface area contributed by atoms with Gasteiger partial charge < -0.3 is 4.74 Å². The van der Waals surface area contributed by atoms with E-state index >= 15 is 0 Å². The smallest absolute Gasteiger partial charge is 0.467 e. The van der Waals surface area contributed by atoms with Crippen molar-refractivity contribution in [3.8, 4) is 0 Å². The fourth-order valence-corrected chi connectivity index (χ4v) is 0.459. The first-order valence-electron chi connectivity index (χ1n) is 3.55. The van der Waals surface area contributed by atoms with Gasteiger partial charge in [0.2, 0.25) is 0 Å². The lowest BCUT2D eigenvalue weighted by atomic mass is 10.4. The average Bonchev–Trinajstić information content (AvgIpc) is 2.02. The van der Waals surface area contributed by atoms with Crippen LogP contribution in [0.15, 0.2) is 24.3 Å². The van der Waals surface area contributed by atoms with Crippen molar-refractivity contribution in [2.75, 3.05) is 6.61 Å². The SMILES string of the molecule is C/C=C/C=C/COC(=N)C(F)(F)F. The Morgan fingerprint density at radius 3 is 2.46 bits per heavy atom. The van der Waals surface area contributed by atoms with Gasteiger partial charge in [-0.1, -0.05) is 18.2 Å². The second kappa shape index (κ2) is 5.40. The molecule has 0 fully saturated rings. The summed E-state index contributed by atoms with van der Waals surface area (Å²) in [4.78, 5) is 0. The highest BCUT2D eigenvalue weighted by Gasteiger charge is 2.36. The number of nitrogens with one attached hydrogen (secondary N) is 1. The summed E-state index contributed by atoms with van der Waals surface area (Å²) >= 11 is 0. The molecule has 0 unspecified atom stereocenters. The van der Waals surface area contributed by atoms with Gasteiger partial charge in [-0.2, -0.15) is 13.2 Å². The van der Waals surface area contributed by atoms with E-state index in [0.717, 1.165) is 0 Å². The topological polar surface area (TPSA) is 33.1 Å². The number of allylic oxidation sites excluding steroid dienone is 3. The van der Waals surface area contributed by atoms with Crippen molar-refractivity contribution in [1.82, 2.24) is 0 Å². The molecule has 0 aromatic carbocycles. The third-order valence-corrected chi connectivity index (χ3v) is 1.02. The highest BCUT2D eigenvalue weighted by atomic mass is 19.4. The zero-order valence-electron chi connectivity index (χ0n) is 7.06. The molecule has 0 spiro atoms. The number of hydrogen-bond acceptors (Lipinski definition) is 2. The van der Waals surface area contributed by atoms with Crippen LogP contribution in [0.4, 0.5) is 13.2 Å². The second-order valence-corrected chi connectivity index (χ2v) is 2.09. The van der Waals surface area contributed by atoms with Gasteiger partial charge in [0.05, 0.1) is 0 Å². The van der Waals surface area contributed by atoms with Gasteiger partial charge in [0.15, 0.2) is 0 Å². The molecule has 0 rings (SSSR count). The van der Waals surface area contributed by atoms with Gasteiger partial charge in [-0.15, -0.1) is 0 Å². The molecule has 74 valence electrons. The Balaban J connectivity index is 3.72. The maximum atomic E-state index is 11.6. The van der Waals surface area contributed by atoms with Crippen molar-refractivity contribution in [2.24, 2.45) is 0 Å². The molecule has 0 aliphatic heterocycles.